The van der Waals surface area contributed by atoms with Crippen LogP contribution in [0, 0.1) is 12.3 Å². The minimum atomic E-state index is -5.72. The molecule has 158 valence electrons. The van der Waals surface area contributed by atoms with Crippen LogP contribution in [0.1, 0.15) is 40.2 Å². The number of hydrogen-bond acceptors (Lipinski definition) is 3. The van der Waals surface area contributed by atoms with Gasteiger partial charge < -0.3 is 11.1 Å². The first-order chi connectivity index (χ1) is 13.2. The highest BCUT2D eigenvalue weighted by atomic mass is 32.1. The number of halogens is 5. The lowest BCUT2D eigenvalue weighted by Gasteiger charge is -2.21. The van der Waals surface area contributed by atoms with Crippen molar-refractivity contribution in [3.63, 3.8) is 0 Å². The predicted molar refractivity (Wildman–Crippen MR) is 100 cm³/mol. The highest BCUT2D eigenvalue weighted by molar-refractivity contribution is 7.10. The number of amides is 2. The van der Waals surface area contributed by atoms with Crippen molar-refractivity contribution in [2.24, 2.45) is 11.1 Å². The van der Waals surface area contributed by atoms with Crippen LogP contribution >= 0.6 is 11.3 Å². The maximum atomic E-state index is 13.5. The summed E-state index contributed by atoms with van der Waals surface area (Å²) in [5.41, 5.74) is 3.69. The summed E-state index contributed by atoms with van der Waals surface area (Å²) in [6.45, 7) is 4.59. The summed E-state index contributed by atoms with van der Waals surface area (Å²) in [5.74, 6) is -6.10. The van der Waals surface area contributed by atoms with Crippen molar-refractivity contribution in [3.05, 3.63) is 51.2 Å². The molecule has 0 saturated heterocycles. The molecule has 10 heteroatoms. The molecule has 1 heterocycles. The number of anilines is 1. The van der Waals surface area contributed by atoms with Crippen molar-refractivity contribution < 1.29 is 31.5 Å². The van der Waals surface area contributed by atoms with Gasteiger partial charge in [-0.15, -0.1) is 11.3 Å². The lowest BCUT2D eigenvalue weighted by Crippen LogP contribution is -2.33. The Morgan fingerprint density at radius 3 is 2.24 bits per heavy atom. The molecule has 0 saturated carbocycles. The average Bonchev–Trinajstić information content (AvgIpc) is 3.02. The van der Waals surface area contributed by atoms with E-state index in [9.17, 15) is 31.5 Å². The zero-order valence-corrected chi connectivity index (χ0v) is 16.6. The molecule has 0 aliphatic rings. The van der Waals surface area contributed by atoms with Crippen LogP contribution in [0.4, 0.5) is 27.6 Å². The molecule has 0 aliphatic carbocycles. The van der Waals surface area contributed by atoms with Crippen molar-refractivity contribution >= 4 is 28.8 Å². The predicted octanol–water partition coefficient (Wildman–Crippen LogP) is 5.02. The van der Waals surface area contributed by atoms with Gasteiger partial charge in [-0.1, -0.05) is 19.9 Å². The Labute approximate surface area is 167 Å². The third-order valence-corrected chi connectivity index (χ3v) is 5.37. The monoisotopic (exact) mass is 434 g/mol. The van der Waals surface area contributed by atoms with E-state index >= 15 is 0 Å². The first-order valence-electron chi connectivity index (χ1n) is 8.40. The van der Waals surface area contributed by atoms with Crippen molar-refractivity contribution in [1.29, 1.82) is 0 Å². The maximum Gasteiger partial charge on any atom is 0.458 e. The molecule has 29 heavy (non-hydrogen) atoms. The summed E-state index contributed by atoms with van der Waals surface area (Å²) in [6.07, 6.45) is -5.50. The summed E-state index contributed by atoms with van der Waals surface area (Å²) < 4.78 is 64.6. The van der Waals surface area contributed by atoms with E-state index in [1.54, 1.807) is 19.2 Å². The summed E-state index contributed by atoms with van der Waals surface area (Å²) in [6, 6.07) is 3.85. The van der Waals surface area contributed by atoms with Gasteiger partial charge in [0.25, 0.3) is 5.91 Å². The maximum absolute atomic E-state index is 13.5. The summed E-state index contributed by atoms with van der Waals surface area (Å²) >= 11 is 1.25. The minimum absolute atomic E-state index is 0.0500. The van der Waals surface area contributed by atoms with Gasteiger partial charge in [-0.25, -0.2) is 0 Å². The third-order valence-electron chi connectivity index (χ3n) is 4.45. The van der Waals surface area contributed by atoms with E-state index in [2.05, 4.69) is 5.32 Å². The summed E-state index contributed by atoms with van der Waals surface area (Å²) in [7, 11) is 0. The summed E-state index contributed by atoms with van der Waals surface area (Å²) in [4.78, 5) is 24.7. The Kier molecular flexibility index (Phi) is 6.08. The lowest BCUT2D eigenvalue weighted by molar-refractivity contribution is -0.289. The van der Waals surface area contributed by atoms with Crippen LogP contribution in [0.5, 0.6) is 0 Å². The quantitative estimate of drug-likeness (QED) is 0.627. The van der Waals surface area contributed by atoms with Crippen LogP contribution in [0.25, 0.3) is 0 Å². The second-order valence-corrected chi connectivity index (χ2v) is 8.24. The van der Waals surface area contributed by atoms with E-state index < -0.39 is 34.9 Å². The van der Waals surface area contributed by atoms with Crippen molar-refractivity contribution in [1.82, 2.24) is 0 Å². The van der Waals surface area contributed by atoms with Crippen LogP contribution in [0.3, 0.4) is 0 Å². The minimum Gasteiger partial charge on any atom is -0.369 e. The topological polar surface area (TPSA) is 72.2 Å². The molecule has 0 atom stereocenters. The zero-order valence-electron chi connectivity index (χ0n) is 15.8. The van der Waals surface area contributed by atoms with E-state index in [-0.39, 0.29) is 23.2 Å². The van der Waals surface area contributed by atoms with E-state index in [0.29, 0.717) is 17.0 Å². The second-order valence-electron chi connectivity index (χ2n) is 7.24. The van der Waals surface area contributed by atoms with Gasteiger partial charge in [0.1, 0.15) is 0 Å². The molecule has 2 amide bonds. The number of alkyl halides is 5. The zero-order chi connectivity index (χ0) is 22.2. The van der Waals surface area contributed by atoms with Gasteiger partial charge in [0.05, 0.1) is 5.56 Å². The highest BCUT2D eigenvalue weighted by Crippen LogP contribution is 2.44. The first-order valence-corrected chi connectivity index (χ1v) is 9.28. The number of hydrogen-bond donors (Lipinski definition) is 2. The van der Waals surface area contributed by atoms with Crippen molar-refractivity contribution in [3.8, 4) is 0 Å². The van der Waals surface area contributed by atoms with Gasteiger partial charge in [0, 0.05) is 21.5 Å². The van der Waals surface area contributed by atoms with Crippen molar-refractivity contribution in [2.75, 3.05) is 5.32 Å². The van der Waals surface area contributed by atoms with Gasteiger partial charge in [0.2, 0.25) is 5.91 Å². The Morgan fingerprint density at radius 1 is 1.10 bits per heavy atom. The molecule has 0 radical (unpaired) electrons. The number of nitrogens with one attached hydrogen (secondary N) is 1. The van der Waals surface area contributed by atoms with Crippen molar-refractivity contribution in [2.45, 2.75) is 39.3 Å². The molecule has 0 fully saturated rings. The number of carbonyl (C=O) groups is 2. The Balaban J connectivity index is 2.25. The van der Waals surface area contributed by atoms with Gasteiger partial charge in [0.15, 0.2) is 0 Å². The number of thiophene rings is 1. The van der Waals surface area contributed by atoms with E-state index in [0.717, 1.165) is 6.07 Å². The largest absolute Gasteiger partial charge is 0.458 e. The Morgan fingerprint density at radius 2 is 1.72 bits per heavy atom. The SMILES string of the molecule is Cc1cc(C(F)(F)C(F)(F)F)ccc1NC(=O)c1ccsc1CC(C)(C)C(N)=O. The molecule has 1 aromatic heterocycles. The summed E-state index contributed by atoms with van der Waals surface area (Å²) in [5, 5.41) is 4.16. The molecule has 2 rings (SSSR count). The standard InChI is InChI=1S/C19H19F5N2O2S/c1-10-8-11(18(20,21)19(22,23)24)4-5-13(10)26-15(27)12-6-7-29-14(12)9-17(2,3)16(25)28/h4-8H,9H2,1-3H3,(H2,25,28)(H,26,27). The molecule has 0 unspecified atom stereocenters. The van der Waals surface area contributed by atoms with Gasteiger partial charge in [-0.2, -0.15) is 22.0 Å². The second kappa shape index (κ2) is 7.74. The molecule has 2 aromatic rings. The molecule has 0 bridgehead atoms. The van der Waals surface area contributed by atoms with Crippen LogP contribution < -0.4 is 11.1 Å². The first kappa shape index (κ1) is 22.8. The van der Waals surface area contributed by atoms with Gasteiger partial charge >= 0.3 is 12.1 Å². The van der Waals surface area contributed by atoms with E-state index in [1.165, 1.54) is 24.3 Å². The average molecular weight is 434 g/mol. The molecular weight excluding hydrogens is 415 g/mol. The Bertz CT molecular complexity index is 935. The molecule has 3 N–H and O–H groups in total. The molecular formula is C19H19F5N2O2S. The van der Waals surface area contributed by atoms with E-state index in [4.69, 9.17) is 5.73 Å². The molecule has 1 aromatic carbocycles. The third kappa shape index (κ3) is 4.75. The highest BCUT2D eigenvalue weighted by Gasteiger charge is 2.58. The number of nitrogens with two attached hydrogens (primary N) is 1. The smallest absolute Gasteiger partial charge is 0.369 e. The fourth-order valence-corrected chi connectivity index (χ4v) is 3.62. The van der Waals surface area contributed by atoms with Gasteiger partial charge in [-0.3, -0.25) is 9.59 Å². The van der Waals surface area contributed by atoms with Gasteiger partial charge in [-0.05, 0) is 42.5 Å². The lowest BCUT2D eigenvalue weighted by atomic mass is 9.87. The fourth-order valence-electron chi connectivity index (χ4n) is 2.52. The van der Waals surface area contributed by atoms with Crippen LogP contribution in [-0.2, 0) is 17.1 Å². The number of rotatable bonds is 6. The molecule has 4 nitrogen and oxygen atoms in total. The molecule has 0 aliphatic heterocycles. The number of aryl methyl sites for hydroxylation is 1. The van der Waals surface area contributed by atoms with E-state index in [1.807, 2.05) is 0 Å². The fraction of sp³-hybridized carbons (Fsp3) is 0.368. The number of benzene rings is 1. The number of carbonyl (C=O) groups excluding carboxylic acids is 2. The Hall–Kier alpha value is -2.49. The van der Waals surface area contributed by atoms with Crippen LogP contribution in [0.15, 0.2) is 29.6 Å². The van der Waals surface area contributed by atoms with Crippen LogP contribution in [-0.4, -0.2) is 18.0 Å². The normalized spacial score (nSPS) is 12.7. The number of primary amides is 1. The molecule has 0 spiro atoms. The van der Waals surface area contributed by atoms with Crippen LogP contribution in [0.2, 0.25) is 0 Å².